The fraction of sp³-hybridized carbons (Fsp3) is 0.125. The maximum absolute atomic E-state index is 10.6. The Hall–Kier alpha value is -1.80. The van der Waals surface area contributed by atoms with Gasteiger partial charge in [0.05, 0.1) is 16.5 Å². The number of nitrogens with zero attached hydrogens (tertiary/aromatic N) is 2. The number of hydrogen-bond acceptors (Lipinski definition) is 4. The zero-order valence-electron chi connectivity index (χ0n) is 7.03. The average Bonchev–Trinajstić information content (AvgIpc) is 2.15. The standard InChI is InChI=1S/C8H6ClN3O2/c1-2-3-11-8-6(9)4-10-5-7(8)12(13)14/h1,4-5H,3H2,(H,10,11). The second-order valence-electron chi connectivity index (χ2n) is 2.33. The summed E-state index contributed by atoms with van der Waals surface area (Å²) in [5.41, 5.74) is 0.0115. The molecular weight excluding hydrogens is 206 g/mol. The lowest BCUT2D eigenvalue weighted by Gasteiger charge is -2.04. The molecule has 0 amide bonds. The van der Waals surface area contributed by atoms with E-state index in [9.17, 15) is 10.1 Å². The Morgan fingerprint density at radius 1 is 1.71 bits per heavy atom. The molecule has 0 saturated heterocycles. The van der Waals surface area contributed by atoms with E-state index in [0.717, 1.165) is 6.20 Å². The Balaban J connectivity index is 3.10. The summed E-state index contributed by atoms with van der Waals surface area (Å²) >= 11 is 5.71. The number of nitro groups is 1. The van der Waals surface area contributed by atoms with Gasteiger partial charge in [0.1, 0.15) is 11.9 Å². The van der Waals surface area contributed by atoms with Crippen LogP contribution in [0.1, 0.15) is 0 Å². The molecule has 0 aliphatic rings. The smallest absolute Gasteiger partial charge is 0.311 e. The maximum Gasteiger partial charge on any atom is 0.311 e. The first-order valence-corrected chi connectivity index (χ1v) is 4.00. The molecule has 0 saturated carbocycles. The number of rotatable bonds is 3. The van der Waals surface area contributed by atoms with Crippen molar-refractivity contribution in [3.05, 3.63) is 27.5 Å². The van der Waals surface area contributed by atoms with Crippen molar-refractivity contribution in [1.82, 2.24) is 4.98 Å². The summed E-state index contributed by atoms with van der Waals surface area (Å²) in [6.45, 7) is 0.171. The van der Waals surface area contributed by atoms with Gasteiger partial charge in [0.25, 0.3) is 0 Å². The third-order valence-electron chi connectivity index (χ3n) is 1.44. The van der Waals surface area contributed by atoms with Gasteiger partial charge >= 0.3 is 5.69 Å². The number of pyridine rings is 1. The van der Waals surface area contributed by atoms with Crippen molar-refractivity contribution >= 4 is 23.0 Å². The second-order valence-corrected chi connectivity index (χ2v) is 2.74. The van der Waals surface area contributed by atoms with Gasteiger partial charge in [-0.25, -0.2) is 0 Å². The van der Waals surface area contributed by atoms with Crippen molar-refractivity contribution in [3.8, 4) is 12.3 Å². The molecule has 14 heavy (non-hydrogen) atoms. The van der Waals surface area contributed by atoms with E-state index in [-0.39, 0.29) is 22.9 Å². The predicted molar refractivity (Wildman–Crippen MR) is 53.2 cm³/mol. The molecule has 0 aliphatic carbocycles. The molecule has 72 valence electrons. The number of terminal acetylenes is 1. The summed E-state index contributed by atoms with van der Waals surface area (Å²) in [6, 6.07) is 0. The van der Waals surface area contributed by atoms with Gasteiger partial charge in [-0.15, -0.1) is 6.42 Å². The second kappa shape index (κ2) is 4.44. The highest BCUT2D eigenvalue weighted by Crippen LogP contribution is 2.30. The Morgan fingerprint density at radius 2 is 2.43 bits per heavy atom. The van der Waals surface area contributed by atoms with E-state index < -0.39 is 4.92 Å². The van der Waals surface area contributed by atoms with Crippen LogP contribution in [0, 0.1) is 22.5 Å². The Morgan fingerprint density at radius 3 is 3.00 bits per heavy atom. The lowest BCUT2D eigenvalue weighted by Crippen LogP contribution is -2.03. The van der Waals surface area contributed by atoms with Crippen molar-refractivity contribution < 1.29 is 4.92 Å². The third kappa shape index (κ3) is 2.12. The van der Waals surface area contributed by atoms with Crippen molar-refractivity contribution in [2.45, 2.75) is 0 Å². The zero-order valence-corrected chi connectivity index (χ0v) is 7.78. The monoisotopic (exact) mass is 211 g/mol. The molecule has 1 aromatic heterocycles. The van der Waals surface area contributed by atoms with Crippen LogP contribution in [0.2, 0.25) is 5.02 Å². The molecule has 5 nitrogen and oxygen atoms in total. The molecule has 1 aromatic rings. The Bertz CT molecular complexity index is 400. The summed E-state index contributed by atoms with van der Waals surface area (Å²) in [4.78, 5) is 13.6. The first kappa shape index (κ1) is 10.3. The number of anilines is 1. The van der Waals surface area contributed by atoms with Gasteiger partial charge in [0.2, 0.25) is 0 Å². The highest BCUT2D eigenvalue weighted by Gasteiger charge is 2.16. The first-order chi connectivity index (χ1) is 6.66. The Kier molecular flexibility index (Phi) is 3.26. The van der Waals surface area contributed by atoms with Gasteiger partial charge in [-0.2, -0.15) is 0 Å². The highest BCUT2D eigenvalue weighted by molar-refractivity contribution is 6.33. The number of nitrogens with one attached hydrogen (secondary N) is 1. The van der Waals surface area contributed by atoms with Crippen molar-refractivity contribution in [3.63, 3.8) is 0 Å². The van der Waals surface area contributed by atoms with E-state index >= 15 is 0 Å². The van der Waals surface area contributed by atoms with Gasteiger partial charge in [-0.05, 0) is 0 Å². The van der Waals surface area contributed by atoms with E-state index in [2.05, 4.69) is 16.2 Å². The van der Waals surface area contributed by atoms with Gasteiger partial charge in [0.15, 0.2) is 0 Å². The van der Waals surface area contributed by atoms with Crippen LogP contribution in [0.4, 0.5) is 11.4 Å². The van der Waals surface area contributed by atoms with E-state index in [0.29, 0.717) is 0 Å². The van der Waals surface area contributed by atoms with Gasteiger partial charge in [0, 0.05) is 6.20 Å². The summed E-state index contributed by atoms with van der Waals surface area (Å²) < 4.78 is 0. The van der Waals surface area contributed by atoms with Crippen LogP contribution >= 0.6 is 11.6 Å². The maximum atomic E-state index is 10.6. The normalized spacial score (nSPS) is 9.14. The minimum absolute atomic E-state index is 0.171. The van der Waals surface area contributed by atoms with Crippen molar-refractivity contribution in [2.24, 2.45) is 0 Å². The lowest BCUT2D eigenvalue weighted by molar-refractivity contribution is -0.384. The molecule has 1 N–H and O–H groups in total. The van der Waals surface area contributed by atoms with E-state index in [1.54, 1.807) is 0 Å². The zero-order chi connectivity index (χ0) is 10.6. The molecule has 0 aromatic carbocycles. The fourth-order valence-corrected chi connectivity index (χ4v) is 1.10. The molecule has 1 rings (SSSR count). The van der Waals surface area contributed by atoms with Gasteiger partial charge < -0.3 is 5.32 Å². The first-order valence-electron chi connectivity index (χ1n) is 3.62. The molecule has 0 fully saturated rings. The molecule has 6 heteroatoms. The van der Waals surface area contributed by atoms with Gasteiger partial charge in [-0.3, -0.25) is 15.1 Å². The molecule has 1 heterocycles. The van der Waals surface area contributed by atoms with Crippen LogP contribution in [0.15, 0.2) is 12.4 Å². The van der Waals surface area contributed by atoms with E-state index in [4.69, 9.17) is 18.0 Å². The van der Waals surface area contributed by atoms with Crippen molar-refractivity contribution in [1.29, 1.82) is 0 Å². The molecule has 0 atom stereocenters. The number of halogens is 1. The number of hydrogen-bond donors (Lipinski definition) is 1. The van der Waals surface area contributed by atoms with E-state index in [1.165, 1.54) is 6.20 Å². The molecule has 0 aliphatic heterocycles. The average molecular weight is 212 g/mol. The molecule has 0 bridgehead atoms. The topological polar surface area (TPSA) is 68.1 Å². The molecular formula is C8H6ClN3O2. The predicted octanol–water partition coefficient (Wildman–Crippen LogP) is 1.69. The molecule has 0 unspecified atom stereocenters. The number of aromatic nitrogens is 1. The SMILES string of the molecule is C#CCNc1c(Cl)cncc1[N+](=O)[O-]. The van der Waals surface area contributed by atoms with Crippen molar-refractivity contribution in [2.75, 3.05) is 11.9 Å². The van der Waals surface area contributed by atoms with Crippen LogP contribution in [0.5, 0.6) is 0 Å². The Labute approximate surface area is 85.3 Å². The summed E-state index contributed by atoms with van der Waals surface area (Å²) in [5.74, 6) is 2.30. The van der Waals surface area contributed by atoms with Crippen LogP contribution in [0.3, 0.4) is 0 Å². The van der Waals surface area contributed by atoms with Crippen LogP contribution < -0.4 is 5.32 Å². The van der Waals surface area contributed by atoms with E-state index in [1.807, 2.05) is 0 Å². The van der Waals surface area contributed by atoms with Gasteiger partial charge in [-0.1, -0.05) is 17.5 Å². The summed E-state index contributed by atoms with van der Waals surface area (Å²) in [6.07, 6.45) is 7.44. The quantitative estimate of drug-likeness (QED) is 0.469. The fourth-order valence-electron chi connectivity index (χ4n) is 0.878. The molecule has 0 spiro atoms. The minimum atomic E-state index is -0.572. The minimum Gasteiger partial charge on any atom is -0.367 e. The lowest BCUT2D eigenvalue weighted by atomic mass is 10.3. The molecule has 0 radical (unpaired) electrons. The van der Waals surface area contributed by atoms with Crippen LogP contribution in [0.25, 0.3) is 0 Å². The highest BCUT2D eigenvalue weighted by atomic mass is 35.5. The summed E-state index contributed by atoms with van der Waals surface area (Å²) in [5, 5.41) is 13.4. The third-order valence-corrected chi connectivity index (χ3v) is 1.73. The summed E-state index contributed by atoms with van der Waals surface area (Å²) in [7, 11) is 0. The van der Waals surface area contributed by atoms with Crippen LogP contribution in [-0.2, 0) is 0 Å². The largest absolute Gasteiger partial charge is 0.367 e. The van der Waals surface area contributed by atoms with Crippen LogP contribution in [-0.4, -0.2) is 16.5 Å².